The lowest BCUT2D eigenvalue weighted by atomic mass is 9.87. The van der Waals surface area contributed by atoms with Crippen molar-refractivity contribution >= 4 is 11.6 Å². The van der Waals surface area contributed by atoms with Crippen LogP contribution in [0.3, 0.4) is 0 Å². The van der Waals surface area contributed by atoms with Gasteiger partial charge in [-0.1, -0.05) is 49.6 Å². The van der Waals surface area contributed by atoms with E-state index in [1.54, 1.807) is 0 Å². The average molecular weight is 268 g/mol. The Morgan fingerprint density at radius 1 is 1.33 bits per heavy atom. The van der Waals surface area contributed by atoms with Crippen molar-refractivity contribution in [2.24, 2.45) is 11.7 Å². The Labute approximate surface area is 114 Å². The summed E-state index contributed by atoms with van der Waals surface area (Å²) in [5, 5.41) is 0.747. The van der Waals surface area contributed by atoms with Crippen LogP contribution < -0.4 is 5.73 Å². The molecule has 0 radical (unpaired) electrons. The lowest BCUT2D eigenvalue weighted by Gasteiger charge is -2.32. The zero-order valence-corrected chi connectivity index (χ0v) is 11.7. The Balaban J connectivity index is 2.07. The fourth-order valence-electron chi connectivity index (χ4n) is 2.69. The summed E-state index contributed by atoms with van der Waals surface area (Å²) in [7, 11) is 0. The standard InChI is InChI=1S/C15H22ClNO/c1-11-6-2-5-9-14(11)18-15(10-17)12-7-3-4-8-13(12)16/h3-4,7-8,11,14-15H,2,5-6,9-10,17H2,1H3. The molecule has 0 heterocycles. The molecule has 1 aromatic carbocycles. The van der Waals surface area contributed by atoms with Gasteiger partial charge in [-0.05, 0) is 24.8 Å². The predicted octanol–water partition coefficient (Wildman–Crippen LogP) is 3.94. The predicted molar refractivity (Wildman–Crippen MR) is 75.8 cm³/mol. The summed E-state index contributed by atoms with van der Waals surface area (Å²) >= 11 is 6.22. The van der Waals surface area contributed by atoms with Crippen LogP contribution >= 0.6 is 11.6 Å². The van der Waals surface area contributed by atoms with Gasteiger partial charge in [-0.25, -0.2) is 0 Å². The molecule has 3 heteroatoms. The molecule has 18 heavy (non-hydrogen) atoms. The first-order valence-corrected chi connectivity index (χ1v) is 7.20. The normalized spacial score (nSPS) is 25.9. The smallest absolute Gasteiger partial charge is 0.0965 e. The zero-order chi connectivity index (χ0) is 13.0. The van der Waals surface area contributed by atoms with Crippen LogP contribution in [0.25, 0.3) is 0 Å². The van der Waals surface area contributed by atoms with Gasteiger partial charge in [0.25, 0.3) is 0 Å². The monoisotopic (exact) mass is 267 g/mol. The molecule has 1 aliphatic carbocycles. The van der Waals surface area contributed by atoms with Gasteiger partial charge in [-0.2, -0.15) is 0 Å². The van der Waals surface area contributed by atoms with E-state index >= 15 is 0 Å². The molecule has 0 amide bonds. The number of ether oxygens (including phenoxy) is 1. The minimum atomic E-state index is -0.0794. The van der Waals surface area contributed by atoms with Crippen LogP contribution in [-0.2, 0) is 4.74 Å². The summed E-state index contributed by atoms with van der Waals surface area (Å²) in [4.78, 5) is 0. The van der Waals surface area contributed by atoms with Crippen LogP contribution in [0.1, 0.15) is 44.3 Å². The Morgan fingerprint density at radius 3 is 2.72 bits per heavy atom. The molecule has 2 rings (SSSR count). The molecule has 1 fully saturated rings. The zero-order valence-electron chi connectivity index (χ0n) is 10.9. The number of rotatable bonds is 4. The molecule has 0 aliphatic heterocycles. The quantitative estimate of drug-likeness (QED) is 0.897. The largest absolute Gasteiger partial charge is 0.369 e. The molecule has 3 unspecified atom stereocenters. The first-order chi connectivity index (χ1) is 8.72. The van der Waals surface area contributed by atoms with Crippen molar-refractivity contribution in [3.63, 3.8) is 0 Å². The van der Waals surface area contributed by atoms with Gasteiger partial charge in [0.15, 0.2) is 0 Å². The van der Waals surface area contributed by atoms with Gasteiger partial charge in [0.05, 0.1) is 12.2 Å². The molecular weight excluding hydrogens is 246 g/mol. The lowest BCUT2D eigenvalue weighted by molar-refractivity contribution is -0.0532. The highest BCUT2D eigenvalue weighted by Crippen LogP contribution is 2.32. The Morgan fingerprint density at radius 2 is 2.06 bits per heavy atom. The van der Waals surface area contributed by atoms with Crippen LogP contribution in [0.4, 0.5) is 0 Å². The Kier molecular flexibility index (Phi) is 5.04. The summed E-state index contributed by atoms with van der Waals surface area (Å²) in [5.41, 5.74) is 6.87. The van der Waals surface area contributed by atoms with Crippen molar-refractivity contribution < 1.29 is 4.74 Å². The maximum absolute atomic E-state index is 6.22. The molecule has 2 N–H and O–H groups in total. The van der Waals surface area contributed by atoms with E-state index in [9.17, 15) is 0 Å². The van der Waals surface area contributed by atoms with E-state index in [-0.39, 0.29) is 6.10 Å². The molecule has 2 nitrogen and oxygen atoms in total. The summed E-state index contributed by atoms with van der Waals surface area (Å²) in [6.45, 7) is 2.75. The van der Waals surface area contributed by atoms with E-state index in [1.807, 2.05) is 24.3 Å². The second kappa shape index (κ2) is 6.55. The number of hydrogen-bond donors (Lipinski definition) is 1. The van der Waals surface area contributed by atoms with Crippen molar-refractivity contribution in [2.75, 3.05) is 6.54 Å². The minimum Gasteiger partial charge on any atom is -0.369 e. The highest BCUT2D eigenvalue weighted by Gasteiger charge is 2.26. The van der Waals surface area contributed by atoms with E-state index in [4.69, 9.17) is 22.1 Å². The van der Waals surface area contributed by atoms with Gasteiger partial charge in [-0.3, -0.25) is 0 Å². The Bertz CT molecular complexity index is 383. The average Bonchev–Trinajstić information content (AvgIpc) is 2.39. The van der Waals surface area contributed by atoms with E-state index in [2.05, 4.69) is 6.92 Å². The van der Waals surface area contributed by atoms with Gasteiger partial charge in [0, 0.05) is 17.1 Å². The van der Waals surface area contributed by atoms with Crippen molar-refractivity contribution in [3.05, 3.63) is 34.9 Å². The Hall–Kier alpha value is -0.570. The summed E-state index contributed by atoms with van der Waals surface area (Å²) in [5.74, 6) is 0.621. The van der Waals surface area contributed by atoms with Crippen LogP contribution in [0.5, 0.6) is 0 Å². The van der Waals surface area contributed by atoms with E-state index in [0.717, 1.165) is 17.0 Å². The summed E-state index contributed by atoms with van der Waals surface area (Å²) in [6, 6.07) is 7.82. The van der Waals surface area contributed by atoms with Crippen molar-refractivity contribution in [2.45, 2.75) is 44.8 Å². The number of benzene rings is 1. The molecular formula is C15H22ClNO. The van der Waals surface area contributed by atoms with Gasteiger partial charge in [0.1, 0.15) is 0 Å². The highest BCUT2D eigenvalue weighted by molar-refractivity contribution is 6.31. The molecule has 100 valence electrons. The molecule has 0 bridgehead atoms. The number of nitrogens with two attached hydrogens (primary N) is 1. The topological polar surface area (TPSA) is 35.2 Å². The van der Waals surface area contributed by atoms with Gasteiger partial charge in [-0.15, -0.1) is 0 Å². The van der Waals surface area contributed by atoms with E-state index in [1.165, 1.54) is 19.3 Å². The first-order valence-electron chi connectivity index (χ1n) is 6.82. The van der Waals surface area contributed by atoms with Gasteiger partial charge >= 0.3 is 0 Å². The molecule has 3 atom stereocenters. The molecule has 0 aromatic heterocycles. The molecule has 0 saturated heterocycles. The third-order valence-electron chi connectivity index (χ3n) is 3.84. The maximum atomic E-state index is 6.22. The highest BCUT2D eigenvalue weighted by atomic mass is 35.5. The van der Waals surface area contributed by atoms with E-state index < -0.39 is 0 Å². The van der Waals surface area contributed by atoms with Crippen molar-refractivity contribution in [1.29, 1.82) is 0 Å². The third kappa shape index (κ3) is 3.25. The SMILES string of the molecule is CC1CCCCC1OC(CN)c1ccccc1Cl. The number of halogens is 1. The van der Waals surface area contributed by atoms with Crippen LogP contribution in [0.2, 0.25) is 5.02 Å². The van der Waals surface area contributed by atoms with Crippen LogP contribution in [-0.4, -0.2) is 12.6 Å². The second-order valence-corrected chi connectivity index (χ2v) is 5.59. The fraction of sp³-hybridized carbons (Fsp3) is 0.600. The molecule has 1 aromatic rings. The van der Waals surface area contributed by atoms with Crippen molar-refractivity contribution in [1.82, 2.24) is 0 Å². The molecule has 1 saturated carbocycles. The summed E-state index contributed by atoms with van der Waals surface area (Å²) < 4.78 is 6.21. The van der Waals surface area contributed by atoms with Crippen molar-refractivity contribution in [3.8, 4) is 0 Å². The minimum absolute atomic E-state index is 0.0794. The van der Waals surface area contributed by atoms with Gasteiger partial charge < -0.3 is 10.5 Å². The fourth-order valence-corrected chi connectivity index (χ4v) is 2.94. The van der Waals surface area contributed by atoms with E-state index in [0.29, 0.717) is 18.6 Å². The van der Waals surface area contributed by atoms with Gasteiger partial charge in [0.2, 0.25) is 0 Å². The lowest BCUT2D eigenvalue weighted by Crippen LogP contribution is -2.30. The molecule has 0 spiro atoms. The third-order valence-corrected chi connectivity index (χ3v) is 4.18. The summed E-state index contributed by atoms with van der Waals surface area (Å²) in [6.07, 6.45) is 5.22. The van der Waals surface area contributed by atoms with Crippen LogP contribution in [0, 0.1) is 5.92 Å². The second-order valence-electron chi connectivity index (χ2n) is 5.18. The number of hydrogen-bond acceptors (Lipinski definition) is 2. The first kappa shape index (κ1) is 13.9. The maximum Gasteiger partial charge on any atom is 0.0965 e. The molecule has 1 aliphatic rings. The van der Waals surface area contributed by atoms with Crippen LogP contribution in [0.15, 0.2) is 24.3 Å².